The van der Waals surface area contributed by atoms with E-state index in [1.165, 1.54) is 25.5 Å². The van der Waals surface area contributed by atoms with Crippen molar-refractivity contribution in [1.29, 1.82) is 0 Å². The summed E-state index contributed by atoms with van der Waals surface area (Å²) in [6.45, 7) is 2.12. The van der Waals surface area contributed by atoms with Gasteiger partial charge in [0, 0.05) is 8.04 Å². The highest BCUT2D eigenvalue weighted by atomic mass is 127. The van der Waals surface area contributed by atoms with E-state index in [4.69, 9.17) is 11.6 Å². The van der Waals surface area contributed by atoms with Crippen LogP contribution in [0.5, 0.6) is 0 Å². The van der Waals surface area contributed by atoms with Crippen molar-refractivity contribution < 1.29 is 0 Å². The van der Waals surface area contributed by atoms with Gasteiger partial charge in [-0.3, -0.25) is 0 Å². The van der Waals surface area contributed by atoms with Crippen LogP contribution in [0.15, 0.2) is 59.1 Å². The Balaban J connectivity index is 2.24. The van der Waals surface area contributed by atoms with Gasteiger partial charge in [0.1, 0.15) is 0 Å². The zero-order valence-corrected chi connectivity index (χ0v) is 15.9. The van der Waals surface area contributed by atoms with Crippen molar-refractivity contribution >= 4 is 60.9 Å². The Hall–Kier alpha value is -0.580. The summed E-state index contributed by atoms with van der Waals surface area (Å²) in [6.07, 6.45) is 0. The van der Waals surface area contributed by atoms with Gasteiger partial charge in [-0.15, -0.1) is 11.6 Å². The summed E-state index contributed by atoms with van der Waals surface area (Å²) in [5.74, 6) is 0. The number of hydrogen-bond acceptors (Lipinski definition) is 0. The lowest BCUT2D eigenvalue weighted by Gasteiger charge is -2.18. The van der Waals surface area contributed by atoms with E-state index in [0.29, 0.717) is 0 Å². The molecule has 21 heavy (non-hydrogen) atoms. The molecule has 0 aliphatic rings. The lowest BCUT2D eigenvalue weighted by atomic mass is 9.94. The van der Waals surface area contributed by atoms with Gasteiger partial charge in [-0.25, -0.2) is 0 Å². The summed E-state index contributed by atoms with van der Waals surface area (Å²) < 4.78 is 2.24. The molecule has 3 rings (SSSR count). The second-order valence-electron chi connectivity index (χ2n) is 5.05. The molecule has 0 aliphatic heterocycles. The van der Waals surface area contributed by atoms with Gasteiger partial charge in [-0.2, -0.15) is 0 Å². The fourth-order valence-corrected chi connectivity index (χ4v) is 4.20. The maximum atomic E-state index is 6.86. The summed E-state index contributed by atoms with van der Waals surface area (Å²) in [5, 5.41) is 2.29. The van der Waals surface area contributed by atoms with Crippen LogP contribution in [-0.2, 0) is 0 Å². The van der Waals surface area contributed by atoms with Crippen LogP contribution in [0.3, 0.4) is 0 Å². The predicted molar refractivity (Wildman–Crippen MR) is 103 cm³/mol. The van der Waals surface area contributed by atoms with Crippen LogP contribution in [0.25, 0.3) is 10.8 Å². The molecule has 3 aromatic rings. The third kappa shape index (κ3) is 2.99. The zero-order chi connectivity index (χ0) is 15.0. The normalized spacial score (nSPS) is 12.6. The van der Waals surface area contributed by atoms with Gasteiger partial charge < -0.3 is 0 Å². The first kappa shape index (κ1) is 15.3. The van der Waals surface area contributed by atoms with Crippen LogP contribution in [0.2, 0.25) is 0 Å². The molecule has 0 aliphatic carbocycles. The van der Waals surface area contributed by atoms with Gasteiger partial charge in [0.2, 0.25) is 0 Å². The maximum absolute atomic E-state index is 6.86. The number of aryl methyl sites for hydroxylation is 1. The Labute approximate surface area is 151 Å². The Morgan fingerprint density at radius 2 is 1.81 bits per heavy atom. The molecule has 3 heteroatoms. The second kappa shape index (κ2) is 6.27. The third-order valence-corrected chi connectivity index (χ3v) is 5.52. The van der Waals surface area contributed by atoms with E-state index in [2.05, 4.69) is 100 Å². The summed E-state index contributed by atoms with van der Waals surface area (Å²) in [4.78, 5) is 0. The molecule has 0 saturated heterocycles. The first-order chi connectivity index (χ1) is 10.1. The van der Waals surface area contributed by atoms with Crippen LogP contribution in [-0.4, -0.2) is 0 Å². The standard InChI is InChI=1S/C18H13BrClI/c1-11-6-7-12-4-2-3-5-14(12)17(11)18(20)15-10-13(21)8-9-16(15)19/h2-10,18H,1H3. The SMILES string of the molecule is Cc1ccc2ccccc2c1C(Cl)c1cc(I)ccc1Br. The molecular weight excluding hydrogens is 458 g/mol. The van der Waals surface area contributed by atoms with Crippen molar-refractivity contribution in [2.45, 2.75) is 12.3 Å². The van der Waals surface area contributed by atoms with Gasteiger partial charge >= 0.3 is 0 Å². The quantitative estimate of drug-likeness (QED) is 0.283. The smallest absolute Gasteiger partial charge is 0.0855 e. The van der Waals surface area contributed by atoms with Crippen molar-refractivity contribution in [1.82, 2.24) is 0 Å². The van der Waals surface area contributed by atoms with E-state index in [9.17, 15) is 0 Å². The minimum Gasteiger partial charge on any atom is -0.113 e. The first-order valence-corrected chi connectivity index (χ1v) is 8.96. The van der Waals surface area contributed by atoms with E-state index in [0.717, 1.165) is 10.0 Å². The summed E-state index contributed by atoms with van der Waals surface area (Å²) in [6, 6.07) is 19.0. The molecule has 0 fully saturated rings. The third-order valence-electron chi connectivity index (χ3n) is 3.67. The average molecular weight is 472 g/mol. The van der Waals surface area contributed by atoms with Crippen LogP contribution >= 0.6 is 50.1 Å². The van der Waals surface area contributed by atoms with E-state index >= 15 is 0 Å². The van der Waals surface area contributed by atoms with E-state index < -0.39 is 0 Å². The van der Waals surface area contributed by atoms with Crippen LogP contribution in [0.1, 0.15) is 22.1 Å². The molecule has 0 saturated carbocycles. The molecule has 0 bridgehead atoms. The minimum absolute atomic E-state index is 0.166. The lowest BCUT2D eigenvalue weighted by molar-refractivity contribution is 1.12. The second-order valence-corrected chi connectivity index (χ2v) is 7.58. The number of halogens is 3. The zero-order valence-electron chi connectivity index (χ0n) is 11.4. The highest BCUT2D eigenvalue weighted by molar-refractivity contribution is 14.1. The molecule has 0 spiro atoms. The number of benzene rings is 3. The van der Waals surface area contributed by atoms with E-state index in [-0.39, 0.29) is 5.38 Å². The van der Waals surface area contributed by atoms with E-state index in [1.54, 1.807) is 0 Å². The molecule has 0 N–H and O–H groups in total. The summed E-state index contributed by atoms with van der Waals surface area (Å²) in [7, 11) is 0. The van der Waals surface area contributed by atoms with Crippen molar-refractivity contribution in [2.24, 2.45) is 0 Å². The fourth-order valence-electron chi connectivity index (χ4n) is 2.61. The van der Waals surface area contributed by atoms with Crippen molar-refractivity contribution in [3.05, 3.63) is 79.3 Å². The Morgan fingerprint density at radius 3 is 2.62 bits per heavy atom. The molecule has 1 atom stereocenters. The highest BCUT2D eigenvalue weighted by Crippen LogP contribution is 2.39. The van der Waals surface area contributed by atoms with Crippen LogP contribution in [0, 0.1) is 10.5 Å². The minimum atomic E-state index is -0.166. The lowest BCUT2D eigenvalue weighted by Crippen LogP contribution is -1.99. The fraction of sp³-hybridized carbons (Fsp3) is 0.111. The number of alkyl halides is 1. The van der Waals surface area contributed by atoms with Crippen LogP contribution < -0.4 is 0 Å². The molecule has 0 radical (unpaired) electrons. The van der Waals surface area contributed by atoms with Gasteiger partial charge in [-0.1, -0.05) is 52.3 Å². The van der Waals surface area contributed by atoms with E-state index in [1.807, 2.05) is 0 Å². The maximum Gasteiger partial charge on any atom is 0.0855 e. The molecular formula is C18H13BrClI. The van der Waals surface area contributed by atoms with Gasteiger partial charge in [0.15, 0.2) is 0 Å². The van der Waals surface area contributed by atoms with Gasteiger partial charge in [0.05, 0.1) is 5.38 Å². The molecule has 0 nitrogen and oxygen atoms in total. The number of hydrogen-bond donors (Lipinski definition) is 0. The number of rotatable bonds is 2. The first-order valence-electron chi connectivity index (χ1n) is 6.65. The van der Waals surface area contributed by atoms with Crippen molar-refractivity contribution in [2.75, 3.05) is 0 Å². The van der Waals surface area contributed by atoms with Crippen molar-refractivity contribution in [3.8, 4) is 0 Å². The van der Waals surface area contributed by atoms with Crippen molar-refractivity contribution in [3.63, 3.8) is 0 Å². The van der Waals surface area contributed by atoms with Gasteiger partial charge in [-0.05, 0) is 75.2 Å². The topological polar surface area (TPSA) is 0 Å². The van der Waals surface area contributed by atoms with Crippen LogP contribution in [0.4, 0.5) is 0 Å². The molecule has 3 aromatic carbocycles. The monoisotopic (exact) mass is 470 g/mol. The largest absolute Gasteiger partial charge is 0.113 e. The summed E-state index contributed by atoms with van der Waals surface area (Å²) >= 11 is 12.8. The molecule has 0 amide bonds. The molecule has 1 unspecified atom stereocenters. The Bertz CT molecular complexity index is 813. The average Bonchev–Trinajstić information content (AvgIpc) is 2.49. The highest BCUT2D eigenvalue weighted by Gasteiger charge is 2.18. The van der Waals surface area contributed by atoms with Gasteiger partial charge in [0.25, 0.3) is 0 Å². The summed E-state index contributed by atoms with van der Waals surface area (Å²) in [5.41, 5.74) is 3.53. The molecule has 0 heterocycles. The number of fused-ring (bicyclic) bond motifs is 1. The predicted octanol–water partition coefficient (Wildman–Crippen LogP) is 6.84. The Kier molecular flexibility index (Phi) is 4.57. The molecule has 0 aromatic heterocycles. The molecule has 106 valence electrons. The Morgan fingerprint density at radius 1 is 1.05 bits per heavy atom.